The molecule has 0 radical (unpaired) electrons. The molecule has 1 saturated heterocycles. The van der Waals surface area contributed by atoms with Gasteiger partial charge in [-0.15, -0.1) is 0 Å². The molecule has 0 aromatic heterocycles. The third-order valence-electron chi connectivity index (χ3n) is 4.45. The number of hydrogen-bond acceptors (Lipinski definition) is 5. The molecule has 148 valence electrons. The molecule has 2 amide bonds. The highest BCUT2D eigenvalue weighted by molar-refractivity contribution is 7.89. The molecule has 0 aliphatic carbocycles. The number of amides is 2. The molecule has 2 aromatic rings. The first-order chi connectivity index (χ1) is 13.2. The Kier molecular flexibility index (Phi) is 5.37. The maximum absolute atomic E-state index is 13.1. The Hall–Kier alpha value is -2.94. The van der Waals surface area contributed by atoms with Gasteiger partial charge in [-0.2, -0.15) is 0 Å². The van der Waals surface area contributed by atoms with Crippen molar-refractivity contribution in [2.45, 2.75) is 30.7 Å². The second kappa shape index (κ2) is 7.59. The zero-order valence-corrected chi connectivity index (χ0v) is 16.1. The number of nitrogens with one attached hydrogen (secondary N) is 1. The lowest BCUT2D eigenvalue weighted by Gasteiger charge is -2.24. The van der Waals surface area contributed by atoms with Crippen LogP contribution in [0.25, 0.3) is 0 Å². The summed E-state index contributed by atoms with van der Waals surface area (Å²) in [6.45, 7) is 1.83. The van der Waals surface area contributed by atoms with Crippen LogP contribution in [0.5, 0.6) is 5.75 Å². The van der Waals surface area contributed by atoms with E-state index in [9.17, 15) is 22.4 Å². The Morgan fingerprint density at radius 3 is 2.54 bits per heavy atom. The van der Waals surface area contributed by atoms with E-state index in [1.54, 1.807) is 18.2 Å². The minimum atomic E-state index is -4.29. The van der Waals surface area contributed by atoms with E-state index in [2.05, 4.69) is 5.32 Å². The molecule has 1 aliphatic heterocycles. The van der Waals surface area contributed by atoms with Crippen molar-refractivity contribution in [1.29, 1.82) is 0 Å². The van der Waals surface area contributed by atoms with Gasteiger partial charge >= 0.3 is 0 Å². The first-order valence-electron chi connectivity index (χ1n) is 8.52. The van der Waals surface area contributed by atoms with Gasteiger partial charge in [-0.05, 0) is 55.3 Å². The first-order valence-corrected chi connectivity index (χ1v) is 9.96. The predicted molar refractivity (Wildman–Crippen MR) is 99.8 cm³/mol. The van der Waals surface area contributed by atoms with Gasteiger partial charge in [-0.25, -0.2) is 17.1 Å². The minimum absolute atomic E-state index is 0.0548. The molecular weight excluding hydrogens is 387 g/mol. The van der Waals surface area contributed by atoms with Crippen LogP contribution in [0.2, 0.25) is 0 Å². The minimum Gasteiger partial charge on any atom is -0.495 e. The summed E-state index contributed by atoms with van der Waals surface area (Å²) < 4.78 is 44.7. The lowest BCUT2D eigenvalue weighted by molar-refractivity contribution is -0.128. The number of sulfonamides is 1. The quantitative estimate of drug-likeness (QED) is 0.823. The van der Waals surface area contributed by atoms with Crippen LogP contribution < -0.4 is 10.1 Å². The number of carbonyl (C=O) groups excluding carboxylic acids is 2. The molecule has 1 fully saturated rings. The van der Waals surface area contributed by atoms with Crippen LogP contribution >= 0.6 is 0 Å². The highest BCUT2D eigenvalue weighted by atomic mass is 32.2. The van der Waals surface area contributed by atoms with Crippen molar-refractivity contribution in [3.8, 4) is 5.75 Å². The fraction of sp³-hybridized carbons (Fsp3) is 0.263. The molecule has 0 bridgehead atoms. The van der Waals surface area contributed by atoms with Gasteiger partial charge in [0.1, 0.15) is 17.6 Å². The number of carbonyl (C=O) groups is 2. The SMILES string of the molecule is COc1ccc(C)cc1NC(=O)C1CCC(=O)N1S(=O)(=O)c1ccc(F)cc1. The summed E-state index contributed by atoms with van der Waals surface area (Å²) in [7, 11) is -2.84. The van der Waals surface area contributed by atoms with Crippen LogP contribution in [0, 0.1) is 12.7 Å². The van der Waals surface area contributed by atoms with Crippen LogP contribution in [0.1, 0.15) is 18.4 Å². The molecule has 28 heavy (non-hydrogen) atoms. The zero-order chi connectivity index (χ0) is 20.5. The molecule has 1 unspecified atom stereocenters. The van der Waals surface area contributed by atoms with Crippen LogP contribution in [0.3, 0.4) is 0 Å². The summed E-state index contributed by atoms with van der Waals surface area (Å²) >= 11 is 0. The van der Waals surface area contributed by atoms with Gasteiger partial charge in [0.15, 0.2) is 0 Å². The monoisotopic (exact) mass is 406 g/mol. The average molecular weight is 406 g/mol. The third kappa shape index (κ3) is 3.70. The molecule has 3 rings (SSSR count). The Balaban J connectivity index is 1.91. The topological polar surface area (TPSA) is 92.8 Å². The van der Waals surface area contributed by atoms with Crippen LogP contribution in [-0.4, -0.2) is 37.7 Å². The van der Waals surface area contributed by atoms with Crippen molar-refractivity contribution in [2.24, 2.45) is 0 Å². The Morgan fingerprint density at radius 1 is 1.21 bits per heavy atom. The number of rotatable bonds is 5. The van der Waals surface area contributed by atoms with Crippen LogP contribution in [0.4, 0.5) is 10.1 Å². The highest BCUT2D eigenvalue weighted by Gasteiger charge is 2.44. The highest BCUT2D eigenvalue weighted by Crippen LogP contribution is 2.30. The molecular formula is C19H19FN2O5S. The van der Waals surface area contributed by atoms with Gasteiger partial charge in [-0.3, -0.25) is 9.59 Å². The van der Waals surface area contributed by atoms with Crippen molar-refractivity contribution >= 4 is 27.5 Å². The van der Waals surface area contributed by atoms with Gasteiger partial charge in [0, 0.05) is 6.42 Å². The molecule has 0 saturated carbocycles. The normalized spacial score (nSPS) is 16.9. The number of aryl methyl sites for hydroxylation is 1. The lowest BCUT2D eigenvalue weighted by Crippen LogP contribution is -2.45. The number of ether oxygens (including phenoxy) is 1. The number of nitrogens with zero attached hydrogens (tertiary/aromatic N) is 1. The summed E-state index contributed by atoms with van der Waals surface area (Å²) in [4.78, 5) is 24.8. The average Bonchev–Trinajstić information content (AvgIpc) is 3.05. The van der Waals surface area contributed by atoms with Gasteiger partial charge in [0.2, 0.25) is 11.8 Å². The molecule has 0 spiro atoms. The maximum Gasteiger partial charge on any atom is 0.267 e. The summed E-state index contributed by atoms with van der Waals surface area (Å²) in [5.74, 6) is -1.51. The smallest absolute Gasteiger partial charge is 0.267 e. The van der Waals surface area contributed by atoms with Gasteiger partial charge < -0.3 is 10.1 Å². The van der Waals surface area contributed by atoms with E-state index >= 15 is 0 Å². The molecule has 1 aliphatic rings. The third-order valence-corrected chi connectivity index (χ3v) is 6.29. The summed E-state index contributed by atoms with van der Waals surface area (Å²) in [6, 6.07) is 8.07. The molecule has 1 N–H and O–H groups in total. The lowest BCUT2D eigenvalue weighted by atomic mass is 10.1. The van der Waals surface area contributed by atoms with Crippen LogP contribution in [0.15, 0.2) is 47.4 Å². The van der Waals surface area contributed by atoms with E-state index in [4.69, 9.17) is 4.74 Å². The van der Waals surface area contributed by atoms with Gasteiger partial charge in [-0.1, -0.05) is 6.07 Å². The number of hydrogen-bond donors (Lipinski definition) is 1. The van der Waals surface area contributed by atoms with E-state index in [-0.39, 0.29) is 17.7 Å². The van der Waals surface area contributed by atoms with E-state index in [0.717, 1.165) is 29.8 Å². The van der Waals surface area contributed by atoms with Crippen molar-refractivity contribution < 1.29 is 27.1 Å². The second-order valence-electron chi connectivity index (χ2n) is 6.40. The number of anilines is 1. The van der Waals surface area contributed by atoms with Crippen molar-refractivity contribution in [2.75, 3.05) is 12.4 Å². The Bertz CT molecular complexity index is 1020. The maximum atomic E-state index is 13.1. The number of benzene rings is 2. The Labute approximate surface area is 162 Å². The molecule has 1 atom stereocenters. The summed E-state index contributed by atoms with van der Waals surface area (Å²) in [5.41, 5.74) is 1.25. The largest absolute Gasteiger partial charge is 0.495 e. The van der Waals surface area contributed by atoms with E-state index in [1.807, 2.05) is 6.92 Å². The molecule has 7 nitrogen and oxygen atoms in total. The van der Waals surface area contributed by atoms with Crippen molar-refractivity contribution in [1.82, 2.24) is 4.31 Å². The first kappa shape index (κ1) is 19.8. The van der Waals surface area contributed by atoms with E-state index < -0.39 is 33.7 Å². The molecule has 1 heterocycles. The van der Waals surface area contributed by atoms with E-state index in [0.29, 0.717) is 15.7 Å². The van der Waals surface area contributed by atoms with Crippen LogP contribution in [-0.2, 0) is 19.6 Å². The fourth-order valence-corrected chi connectivity index (χ4v) is 4.66. The predicted octanol–water partition coefficient (Wildman–Crippen LogP) is 2.46. The second-order valence-corrected chi connectivity index (χ2v) is 8.21. The molecule has 2 aromatic carbocycles. The summed E-state index contributed by atoms with van der Waals surface area (Å²) in [5, 5.41) is 2.65. The fourth-order valence-electron chi connectivity index (χ4n) is 3.06. The zero-order valence-electron chi connectivity index (χ0n) is 15.3. The van der Waals surface area contributed by atoms with E-state index in [1.165, 1.54) is 7.11 Å². The van der Waals surface area contributed by atoms with Gasteiger partial charge in [0.25, 0.3) is 10.0 Å². The number of halogens is 1. The molecule has 9 heteroatoms. The Morgan fingerprint density at radius 2 is 1.89 bits per heavy atom. The van der Waals surface area contributed by atoms with Gasteiger partial charge in [0.05, 0.1) is 17.7 Å². The van der Waals surface area contributed by atoms with Crippen molar-refractivity contribution in [3.05, 3.63) is 53.8 Å². The summed E-state index contributed by atoms with van der Waals surface area (Å²) in [6.07, 6.45) is -0.0251. The number of methoxy groups -OCH3 is 1. The van der Waals surface area contributed by atoms with Crippen molar-refractivity contribution in [3.63, 3.8) is 0 Å². The standard InChI is InChI=1S/C19H19FN2O5S/c1-12-3-9-17(27-2)15(11-12)21-19(24)16-8-10-18(23)22(16)28(25,26)14-6-4-13(20)5-7-14/h3-7,9,11,16H,8,10H2,1-2H3,(H,21,24).